The lowest BCUT2D eigenvalue weighted by Crippen LogP contribution is -2.52. The van der Waals surface area contributed by atoms with Crippen LogP contribution in [0.4, 0.5) is 5.69 Å². The van der Waals surface area contributed by atoms with Crippen LogP contribution in [0.2, 0.25) is 0 Å². The number of para-hydroxylation sites is 1. The lowest BCUT2D eigenvalue weighted by molar-refractivity contribution is 0.372. The summed E-state index contributed by atoms with van der Waals surface area (Å²) in [5.41, 5.74) is 2.46. The van der Waals surface area contributed by atoms with Crippen molar-refractivity contribution in [2.75, 3.05) is 38.1 Å². The van der Waals surface area contributed by atoms with E-state index < -0.39 is 0 Å². The number of aryl methyl sites for hydroxylation is 1. The standard InChI is InChI=1S/C17H24N6.HI/c1-18-17(19-12-15-13-20-21(2)14-15)23-10-8-22(9-11-23)16-6-4-3-5-7-16;/h3-7,13-14H,8-12H2,1-2H3,(H,18,19);1H. The highest BCUT2D eigenvalue weighted by Gasteiger charge is 2.19. The molecule has 1 aromatic heterocycles. The van der Waals surface area contributed by atoms with Crippen LogP contribution in [-0.2, 0) is 13.6 Å². The van der Waals surface area contributed by atoms with Crippen molar-refractivity contribution in [1.82, 2.24) is 20.0 Å². The van der Waals surface area contributed by atoms with Crippen LogP contribution < -0.4 is 10.2 Å². The van der Waals surface area contributed by atoms with Gasteiger partial charge in [0, 0.05) is 64.3 Å². The Bertz CT molecular complexity index is 646. The first-order chi connectivity index (χ1) is 11.3. The molecule has 24 heavy (non-hydrogen) atoms. The second-order valence-corrected chi connectivity index (χ2v) is 5.73. The van der Waals surface area contributed by atoms with E-state index in [1.807, 2.05) is 31.2 Å². The number of anilines is 1. The highest BCUT2D eigenvalue weighted by Crippen LogP contribution is 2.15. The van der Waals surface area contributed by atoms with Crippen LogP contribution in [0.15, 0.2) is 47.7 Å². The molecule has 1 saturated heterocycles. The maximum absolute atomic E-state index is 4.42. The molecule has 130 valence electrons. The Balaban J connectivity index is 0.00000208. The number of nitrogens with one attached hydrogen (secondary N) is 1. The number of nitrogens with zero attached hydrogens (tertiary/aromatic N) is 5. The van der Waals surface area contributed by atoms with E-state index in [1.54, 1.807) is 0 Å². The summed E-state index contributed by atoms with van der Waals surface area (Å²) in [6, 6.07) is 10.6. The Morgan fingerprint density at radius 1 is 1.17 bits per heavy atom. The third kappa shape index (κ3) is 4.62. The molecule has 3 rings (SSSR count). The van der Waals surface area contributed by atoms with Crippen molar-refractivity contribution in [1.29, 1.82) is 0 Å². The summed E-state index contributed by atoms with van der Waals surface area (Å²) in [4.78, 5) is 9.15. The second-order valence-electron chi connectivity index (χ2n) is 5.73. The van der Waals surface area contributed by atoms with Crippen molar-refractivity contribution in [3.63, 3.8) is 0 Å². The van der Waals surface area contributed by atoms with Gasteiger partial charge in [0.25, 0.3) is 0 Å². The summed E-state index contributed by atoms with van der Waals surface area (Å²) in [5.74, 6) is 0.960. The predicted molar refractivity (Wildman–Crippen MR) is 109 cm³/mol. The molecule has 0 unspecified atom stereocenters. The lowest BCUT2D eigenvalue weighted by atomic mass is 10.2. The van der Waals surface area contributed by atoms with Crippen LogP contribution in [-0.4, -0.2) is 53.9 Å². The number of benzene rings is 1. The molecular formula is C17H25IN6. The molecule has 1 fully saturated rings. The van der Waals surface area contributed by atoms with Gasteiger partial charge in [-0.2, -0.15) is 5.10 Å². The lowest BCUT2D eigenvalue weighted by Gasteiger charge is -2.37. The number of piperazine rings is 1. The van der Waals surface area contributed by atoms with Crippen molar-refractivity contribution in [3.8, 4) is 0 Å². The summed E-state index contributed by atoms with van der Waals surface area (Å²) < 4.78 is 1.82. The third-order valence-corrected chi connectivity index (χ3v) is 4.12. The van der Waals surface area contributed by atoms with Gasteiger partial charge in [-0.3, -0.25) is 9.67 Å². The van der Waals surface area contributed by atoms with Gasteiger partial charge in [0.05, 0.1) is 6.20 Å². The molecule has 0 saturated carbocycles. The van der Waals surface area contributed by atoms with E-state index in [2.05, 4.69) is 55.5 Å². The van der Waals surface area contributed by atoms with Crippen LogP contribution in [0.1, 0.15) is 5.56 Å². The number of hydrogen-bond acceptors (Lipinski definition) is 3. The van der Waals surface area contributed by atoms with E-state index in [1.165, 1.54) is 5.69 Å². The number of rotatable bonds is 3. The first kappa shape index (κ1) is 18.6. The number of halogens is 1. The van der Waals surface area contributed by atoms with Gasteiger partial charge < -0.3 is 15.1 Å². The van der Waals surface area contributed by atoms with Gasteiger partial charge in [0.1, 0.15) is 0 Å². The van der Waals surface area contributed by atoms with Gasteiger partial charge in [0.15, 0.2) is 5.96 Å². The third-order valence-electron chi connectivity index (χ3n) is 4.12. The fourth-order valence-corrected chi connectivity index (χ4v) is 2.89. The van der Waals surface area contributed by atoms with Crippen molar-refractivity contribution >= 4 is 35.6 Å². The van der Waals surface area contributed by atoms with Gasteiger partial charge in [0.2, 0.25) is 0 Å². The maximum Gasteiger partial charge on any atom is 0.194 e. The SMILES string of the molecule is CN=C(NCc1cnn(C)c1)N1CCN(c2ccccc2)CC1.I. The van der Waals surface area contributed by atoms with Crippen LogP contribution in [0.25, 0.3) is 0 Å². The molecule has 7 heteroatoms. The normalized spacial score (nSPS) is 15.2. The molecule has 2 aromatic rings. The Morgan fingerprint density at radius 3 is 2.46 bits per heavy atom. The molecule has 1 aromatic carbocycles. The summed E-state index contributed by atoms with van der Waals surface area (Å²) in [5, 5.41) is 7.62. The Labute approximate surface area is 160 Å². The summed E-state index contributed by atoms with van der Waals surface area (Å²) in [6.45, 7) is 4.72. The monoisotopic (exact) mass is 440 g/mol. The van der Waals surface area contributed by atoms with Gasteiger partial charge in [-0.1, -0.05) is 18.2 Å². The summed E-state index contributed by atoms with van der Waals surface area (Å²) in [7, 11) is 3.77. The van der Waals surface area contributed by atoms with Crippen LogP contribution >= 0.6 is 24.0 Å². The predicted octanol–water partition coefficient (Wildman–Crippen LogP) is 1.94. The highest BCUT2D eigenvalue weighted by molar-refractivity contribution is 14.0. The van der Waals surface area contributed by atoms with Crippen molar-refractivity contribution in [3.05, 3.63) is 48.3 Å². The minimum atomic E-state index is 0. The molecule has 0 amide bonds. The van der Waals surface area contributed by atoms with Crippen LogP contribution in [0, 0.1) is 0 Å². The first-order valence-electron chi connectivity index (χ1n) is 7.99. The molecule has 0 radical (unpaired) electrons. The highest BCUT2D eigenvalue weighted by atomic mass is 127. The van der Waals surface area contributed by atoms with Crippen molar-refractivity contribution in [2.24, 2.45) is 12.0 Å². The van der Waals surface area contributed by atoms with Crippen molar-refractivity contribution in [2.45, 2.75) is 6.54 Å². The number of aromatic nitrogens is 2. The minimum absolute atomic E-state index is 0. The zero-order chi connectivity index (χ0) is 16.1. The Kier molecular flexibility index (Phi) is 6.89. The molecule has 0 bridgehead atoms. The topological polar surface area (TPSA) is 48.7 Å². The van der Waals surface area contributed by atoms with Crippen LogP contribution in [0.3, 0.4) is 0 Å². The molecule has 1 aliphatic rings. The smallest absolute Gasteiger partial charge is 0.194 e. The van der Waals surface area contributed by atoms with E-state index in [0.717, 1.165) is 44.2 Å². The maximum atomic E-state index is 4.42. The average molecular weight is 440 g/mol. The van der Waals surface area contributed by atoms with E-state index in [0.29, 0.717) is 0 Å². The molecular weight excluding hydrogens is 415 g/mol. The number of hydrogen-bond donors (Lipinski definition) is 1. The molecule has 0 aliphatic carbocycles. The molecule has 1 aliphatic heterocycles. The summed E-state index contributed by atoms with van der Waals surface area (Å²) >= 11 is 0. The fraction of sp³-hybridized carbons (Fsp3) is 0.412. The Morgan fingerprint density at radius 2 is 1.88 bits per heavy atom. The van der Waals surface area contributed by atoms with E-state index >= 15 is 0 Å². The largest absolute Gasteiger partial charge is 0.368 e. The van der Waals surface area contributed by atoms with E-state index in [-0.39, 0.29) is 24.0 Å². The Hall–Kier alpha value is -1.77. The van der Waals surface area contributed by atoms with Gasteiger partial charge in [-0.15, -0.1) is 24.0 Å². The molecule has 6 nitrogen and oxygen atoms in total. The van der Waals surface area contributed by atoms with Gasteiger partial charge in [-0.25, -0.2) is 0 Å². The minimum Gasteiger partial charge on any atom is -0.368 e. The molecule has 1 N–H and O–H groups in total. The fourth-order valence-electron chi connectivity index (χ4n) is 2.89. The summed E-state index contributed by atoms with van der Waals surface area (Å²) in [6.07, 6.45) is 3.90. The molecule has 0 atom stereocenters. The van der Waals surface area contributed by atoms with Gasteiger partial charge in [-0.05, 0) is 12.1 Å². The molecule has 2 heterocycles. The number of aliphatic imine (C=N–C) groups is 1. The van der Waals surface area contributed by atoms with Gasteiger partial charge >= 0.3 is 0 Å². The zero-order valence-corrected chi connectivity index (χ0v) is 16.6. The van der Waals surface area contributed by atoms with E-state index in [9.17, 15) is 0 Å². The second kappa shape index (κ2) is 8.91. The average Bonchev–Trinajstić information content (AvgIpc) is 3.02. The molecule has 0 spiro atoms. The quantitative estimate of drug-likeness (QED) is 0.451. The number of guanidine groups is 1. The van der Waals surface area contributed by atoms with Crippen molar-refractivity contribution < 1.29 is 0 Å². The van der Waals surface area contributed by atoms with E-state index in [4.69, 9.17) is 0 Å². The zero-order valence-electron chi connectivity index (χ0n) is 14.2. The first-order valence-corrected chi connectivity index (χ1v) is 7.99. The van der Waals surface area contributed by atoms with Crippen LogP contribution in [0.5, 0.6) is 0 Å².